The number of ketones is 1. The van der Waals surface area contributed by atoms with Gasteiger partial charge in [-0.1, -0.05) is 23.2 Å². The van der Waals surface area contributed by atoms with Crippen LogP contribution in [-0.4, -0.2) is 21.9 Å². The summed E-state index contributed by atoms with van der Waals surface area (Å²) in [7, 11) is 0. The molecule has 0 amide bonds. The largest absolute Gasteiger partial charge is 0.489 e. The molecule has 0 aromatic carbocycles. The lowest BCUT2D eigenvalue weighted by Crippen LogP contribution is -2.09. The van der Waals surface area contributed by atoms with Crippen LogP contribution in [0.2, 0.25) is 10.0 Å². The van der Waals surface area contributed by atoms with Crippen LogP contribution in [0.5, 0.6) is 5.75 Å². The summed E-state index contributed by atoms with van der Waals surface area (Å²) in [4.78, 5) is 20.3. The van der Waals surface area contributed by atoms with E-state index in [1.807, 2.05) is 13.8 Å². The summed E-state index contributed by atoms with van der Waals surface area (Å²) in [5.41, 5.74) is 0.499. The summed E-state index contributed by atoms with van der Waals surface area (Å²) >= 11 is 11.7. The number of carbonyl (C=O) groups excluding carboxylic acids is 1. The molecule has 0 spiro atoms. The van der Waals surface area contributed by atoms with Crippen molar-refractivity contribution in [2.75, 3.05) is 0 Å². The number of hydrogen-bond donors (Lipinski definition) is 0. The van der Waals surface area contributed by atoms with Crippen LogP contribution < -0.4 is 4.74 Å². The molecule has 2 aromatic rings. The summed E-state index contributed by atoms with van der Waals surface area (Å²) in [5.74, 6) is 0.198. The standard InChI is InChI=1S/C14H12Cl2N2O2/c1-8(2)20-11-3-9(5-17-7-11)14(19)13-12(16)4-10(15)6-18-13/h3-8H,1-2H3. The molecule has 0 saturated heterocycles. The number of nitrogens with zero attached hydrogens (tertiary/aromatic N) is 2. The second-order valence-electron chi connectivity index (χ2n) is 4.39. The summed E-state index contributed by atoms with van der Waals surface area (Å²) in [5, 5.41) is 0.583. The van der Waals surface area contributed by atoms with Crippen molar-refractivity contribution >= 4 is 29.0 Å². The summed E-state index contributed by atoms with van der Waals surface area (Å²) < 4.78 is 5.50. The van der Waals surface area contributed by atoms with Gasteiger partial charge in [0.05, 0.1) is 22.3 Å². The van der Waals surface area contributed by atoms with Gasteiger partial charge in [-0.2, -0.15) is 0 Å². The average Bonchev–Trinajstić information content (AvgIpc) is 2.37. The van der Waals surface area contributed by atoms with Gasteiger partial charge >= 0.3 is 0 Å². The van der Waals surface area contributed by atoms with Gasteiger partial charge in [-0.05, 0) is 26.0 Å². The molecule has 0 bridgehead atoms. The fourth-order valence-electron chi connectivity index (χ4n) is 1.60. The number of carbonyl (C=O) groups is 1. The molecule has 0 unspecified atom stereocenters. The zero-order valence-electron chi connectivity index (χ0n) is 10.9. The van der Waals surface area contributed by atoms with E-state index >= 15 is 0 Å². The van der Waals surface area contributed by atoms with E-state index in [2.05, 4.69) is 9.97 Å². The molecular formula is C14H12Cl2N2O2. The summed E-state index contributed by atoms with van der Waals surface area (Å²) in [6.45, 7) is 3.79. The van der Waals surface area contributed by atoms with Crippen molar-refractivity contribution in [3.05, 3.63) is 52.0 Å². The fraction of sp³-hybridized carbons (Fsp3) is 0.214. The van der Waals surface area contributed by atoms with Crippen molar-refractivity contribution in [1.29, 1.82) is 0 Å². The van der Waals surface area contributed by atoms with Crippen molar-refractivity contribution in [1.82, 2.24) is 9.97 Å². The molecule has 6 heteroatoms. The van der Waals surface area contributed by atoms with E-state index in [0.717, 1.165) is 0 Å². The first-order valence-corrected chi connectivity index (χ1v) is 6.70. The van der Waals surface area contributed by atoms with Crippen molar-refractivity contribution < 1.29 is 9.53 Å². The van der Waals surface area contributed by atoms with Crippen molar-refractivity contribution in [2.45, 2.75) is 20.0 Å². The Kier molecular flexibility index (Phi) is 4.57. The molecule has 2 rings (SSSR count). The molecule has 4 nitrogen and oxygen atoms in total. The lowest BCUT2D eigenvalue weighted by atomic mass is 10.1. The third kappa shape index (κ3) is 3.46. The molecular weight excluding hydrogens is 299 g/mol. The Morgan fingerprint density at radius 3 is 2.60 bits per heavy atom. The maximum Gasteiger partial charge on any atom is 0.214 e. The monoisotopic (exact) mass is 310 g/mol. The first-order chi connectivity index (χ1) is 9.47. The maximum absolute atomic E-state index is 12.3. The van der Waals surface area contributed by atoms with Crippen LogP contribution in [0.25, 0.3) is 0 Å². The minimum absolute atomic E-state index is 0.000558. The Labute approximate surface area is 126 Å². The van der Waals surface area contributed by atoms with E-state index in [0.29, 0.717) is 16.3 Å². The van der Waals surface area contributed by atoms with Gasteiger partial charge in [0.25, 0.3) is 0 Å². The number of aromatic nitrogens is 2. The molecule has 0 saturated carbocycles. The highest BCUT2D eigenvalue weighted by molar-refractivity contribution is 6.37. The molecule has 0 fully saturated rings. The molecule has 0 aliphatic heterocycles. The van der Waals surface area contributed by atoms with Crippen LogP contribution in [0.15, 0.2) is 30.7 Å². The number of hydrogen-bond acceptors (Lipinski definition) is 4. The molecule has 0 radical (unpaired) electrons. The molecule has 0 aliphatic carbocycles. The maximum atomic E-state index is 12.3. The van der Waals surface area contributed by atoms with Crippen LogP contribution in [0.1, 0.15) is 29.9 Å². The quantitative estimate of drug-likeness (QED) is 0.806. The van der Waals surface area contributed by atoms with Gasteiger partial charge in [0.1, 0.15) is 11.4 Å². The second-order valence-corrected chi connectivity index (χ2v) is 5.23. The van der Waals surface area contributed by atoms with Gasteiger partial charge < -0.3 is 4.74 Å². The highest BCUT2D eigenvalue weighted by atomic mass is 35.5. The lowest BCUT2D eigenvalue weighted by Gasteiger charge is -2.10. The van der Waals surface area contributed by atoms with E-state index in [4.69, 9.17) is 27.9 Å². The van der Waals surface area contributed by atoms with Crippen molar-refractivity contribution in [3.8, 4) is 5.75 Å². The topological polar surface area (TPSA) is 52.1 Å². The third-order valence-corrected chi connectivity index (χ3v) is 2.86. The Hall–Kier alpha value is -1.65. The molecule has 20 heavy (non-hydrogen) atoms. The predicted octanol–water partition coefficient (Wildman–Crippen LogP) is 3.80. The number of rotatable bonds is 4. The first-order valence-electron chi connectivity index (χ1n) is 5.95. The molecule has 2 heterocycles. The zero-order valence-corrected chi connectivity index (χ0v) is 12.4. The van der Waals surface area contributed by atoms with Crippen molar-refractivity contribution in [2.24, 2.45) is 0 Å². The summed E-state index contributed by atoms with van der Waals surface area (Å²) in [6.07, 6.45) is 4.37. The Bertz CT molecular complexity index is 645. The van der Waals surface area contributed by atoms with E-state index in [1.165, 1.54) is 18.5 Å². The Morgan fingerprint density at radius 1 is 1.20 bits per heavy atom. The fourth-order valence-corrected chi connectivity index (χ4v) is 2.06. The van der Waals surface area contributed by atoms with Gasteiger partial charge in [-0.3, -0.25) is 9.78 Å². The third-order valence-electron chi connectivity index (χ3n) is 2.37. The molecule has 0 aliphatic rings. The SMILES string of the molecule is CC(C)Oc1cncc(C(=O)c2ncc(Cl)cc2Cl)c1. The van der Waals surface area contributed by atoms with E-state index in [-0.39, 0.29) is 22.6 Å². The van der Waals surface area contributed by atoms with Gasteiger partial charge in [-0.25, -0.2) is 4.98 Å². The second kappa shape index (κ2) is 6.20. The first kappa shape index (κ1) is 14.8. The van der Waals surface area contributed by atoms with Crippen LogP contribution >= 0.6 is 23.2 Å². The van der Waals surface area contributed by atoms with Gasteiger partial charge in [0, 0.05) is 18.0 Å². The minimum Gasteiger partial charge on any atom is -0.489 e. The Balaban J connectivity index is 2.33. The van der Waals surface area contributed by atoms with Crippen LogP contribution in [0.4, 0.5) is 0 Å². The lowest BCUT2D eigenvalue weighted by molar-refractivity contribution is 0.103. The van der Waals surface area contributed by atoms with Gasteiger partial charge in [-0.15, -0.1) is 0 Å². The van der Waals surface area contributed by atoms with E-state index < -0.39 is 0 Å². The number of pyridine rings is 2. The van der Waals surface area contributed by atoms with Crippen LogP contribution in [0.3, 0.4) is 0 Å². The van der Waals surface area contributed by atoms with Crippen LogP contribution in [0, 0.1) is 0 Å². The smallest absolute Gasteiger partial charge is 0.214 e. The molecule has 0 atom stereocenters. The number of ether oxygens (including phenoxy) is 1. The average molecular weight is 311 g/mol. The molecule has 2 aromatic heterocycles. The van der Waals surface area contributed by atoms with E-state index in [1.54, 1.807) is 12.3 Å². The normalized spacial score (nSPS) is 10.7. The highest BCUT2D eigenvalue weighted by Crippen LogP contribution is 2.22. The predicted molar refractivity (Wildman–Crippen MR) is 77.7 cm³/mol. The zero-order chi connectivity index (χ0) is 14.7. The van der Waals surface area contributed by atoms with Crippen LogP contribution in [-0.2, 0) is 0 Å². The molecule has 0 N–H and O–H groups in total. The molecule has 104 valence electrons. The van der Waals surface area contributed by atoms with E-state index in [9.17, 15) is 4.79 Å². The minimum atomic E-state index is -0.326. The van der Waals surface area contributed by atoms with Crippen molar-refractivity contribution in [3.63, 3.8) is 0 Å². The highest BCUT2D eigenvalue weighted by Gasteiger charge is 2.16. The Morgan fingerprint density at radius 2 is 1.95 bits per heavy atom. The van der Waals surface area contributed by atoms with Gasteiger partial charge in [0.2, 0.25) is 5.78 Å². The van der Waals surface area contributed by atoms with Gasteiger partial charge in [0.15, 0.2) is 0 Å². The number of halogens is 2. The summed E-state index contributed by atoms with van der Waals surface area (Å²) in [6, 6.07) is 3.09.